The van der Waals surface area contributed by atoms with Crippen LogP contribution < -0.4 is 10.6 Å². The molecule has 0 fully saturated rings. The molecule has 1 aromatic carbocycles. The van der Waals surface area contributed by atoms with Crippen LogP contribution in [0.15, 0.2) is 29.8 Å². The standard InChI is InChI=1S/C15H17F2N3OS/c1-3-13(14-18-6-7-22-14)20-15(21)19-9(2)10-4-5-11(16)12(17)8-10/h4-9,13H,3H2,1-2H3,(H2,19,20,21)/t9-,13-/m0/s1. The quantitative estimate of drug-likeness (QED) is 0.875. The molecule has 0 saturated heterocycles. The van der Waals surface area contributed by atoms with Crippen molar-refractivity contribution in [2.45, 2.75) is 32.4 Å². The summed E-state index contributed by atoms with van der Waals surface area (Å²) in [6, 6.07) is 2.59. The first-order valence-electron chi connectivity index (χ1n) is 6.92. The minimum atomic E-state index is -0.930. The van der Waals surface area contributed by atoms with E-state index >= 15 is 0 Å². The average molecular weight is 325 g/mol. The third-order valence-corrected chi connectivity index (χ3v) is 4.14. The van der Waals surface area contributed by atoms with E-state index in [4.69, 9.17) is 0 Å². The summed E-state index contributed by atoms with van der Waals surface area (Å²) in [4.78, 5) is 16.2. The molecule has 2 amide bonds. The zero-order valence-electron chi connectivity index (χ0n) is 12.3. The number of halogens is 2. The van der Waals surface area contributed by atoms with E-state index < -0.39 is 17.7 Å². The van der Waals surface area contributed by atoms with E-state index in [1.54, 1.807) is 13.1 Å². The minimum absolute atomic E-state index is 0.169. The molecule has 0 radical (unpaired) electrons. The number of nitrogens with zero attached hydrogens (tertiary/aromatic N) is 1. The van der Waals surface area contributed by atoms with Gasteiger partial charge in [-0.2, -0.15) is 0 Å². The van der Waals surface area contributed by atoms with Gasteiger partial charge in [0.15, 0.2) is 11.6 Å². The average Bonchev–Trinajstić information content (AvgIpc) is 3.01. The molecule has 0 aliphatic rings. The summed E-state index contributed by atoms with van der Waals surface area (Å²) in [6.07, 6.45) is 2.40. The van der Waals surface area contributed by atoms with E-state index in [1.165, 1.54) is 17.4 Å². The molecule has 0 unspecified atom stereocenters. The summed E-state index contributed by atoms with van der Waals surface area (Å²) in [5.41, 5.74) is 0.497. The number of rotatable bonds is 5. The Morgan fingerprint density at radius 2 is 2.09 bits per heavy atom. The second-order valence-electron chi connectivity index (χ2n) is 4.84. The summed E-state index contributed by atoms with van der Waals surface area (Å²) in [6.45, 7) is 3.65. The van der Waals surface area contributed by atoms with E-state index in [-0.39, 0.29) is 12.1 Å². The fraction of sp³-hybridized carbons (Fsp3) is 0.333. The SMILES string of the molecule is CC[C@H](NC(=O)N[C@@H](C)c1ccc(F)c(F)c1)c1nccs1. The highest BCUT2D eigenvalue weighted by atomic mass is 32.1. The summed E-state index contributed by atoms with van der Waals surface area (Å²) in [7, 11) is 0. The van der Waals surface area contributed by atoms with Crippen LogP contribution in [0.5, 0.6) is 0 Å². The summed E-state index contributed by atoms with van der Waals surface area (Å²) in [5, 5.41) is 8.21. The third kappa shape index (κ3) is 4.00. The molecule has 2 aromatic rings. The fourth-order valence-electron chi connectivity index (χ4n) is 2.01. The van der Waals surface area contributed by atoms with Gasteiger partial charge in [0.2, 0.25) is 0 Å². The lowest BCUT2D eigenvalue weighted by Crippen LogP contribution is -2.39. The first kappa shape index (κ1) is 16.4. The van der Waals surface area contributed by atoms with E-state index in [0.717, 1.165) is 17.1 Å². The van der Waals surface area contributed by atoms with Gasteiger partial charge in [0.25, 0.3) is 0 Å². The molecule has 2 rings (SSSR count). The molecule has 0 saturated carbocycles. The first-order chi connectivity index (χ1) is 10.5. The van der Waals surface area contributed by atoms with Gasteiger partial charge in [0.1, 0.15) is 5.01 Å². The third-order valence-electron chi connectivity index (χ3n) is 3.25. The maximum absolute atomic E-state index is 13.2. The zero-order chi connectivity index (χ0) is 16.1. The van der Waals surface area contributed by atoms with Crippen LogP contribution in [0, 0.1) is 11.6 Å². The topological polar surface area (TPSA) is 54.0 Å². The first-order valence-corrected chi connectivity index (χ1v) is 7.80. The lowest BCUT2D eigenvalue weighted by Gasteiger charge is -2.19. The monoisotopic (exact) mass is 325 g/mol. The molecule has 0 spiro atoms. The second kappa shape index (κ2) is 7.31. The molecule has 4 nitrogen and oxygen atoms in total. The Bertz CT molecular complexity index is 634. The smallest absolute Gasteiger partial charge is 0.315 e. The van der Waals surface area contributed by atoms with E-state index in [1.807, 2.05) is 12.3 Å². The highest BCUT2D eigenvalue weighted by molar-refractivity contribution is 7.09. The van der Waals surface area contributed by atoms with Crippen LogP contribution in [-0.4, -0.2) is 11.0 Å². The predicted molar refractivity (Wildman–Crippen MR) is 81.6 cm³/mol. The van der Waals surface area contributed by atoms with Gasteiger partial charge in [-0.05, 0) is 31.0 Å². The number of thiazole rings is 1. The molecule has 1 heterocycles. The highest BCUT2D eigenvalue weighted by Gasteiger charge is 2.17. The van der Waals surface area contributed by atoms with Crippen LogP contribution in [0.1, 0.15) is 42.9 Å². The summed E-state index contributed by atoms with van der Waals surface area (Å²) in [5.74, 6) is -1.84. The van der Waals surface area contributed by atoms with Crippen LogP contribution in [0.4, 0.5) is 13.6 Å². The number of carbonyl (C=O) groups excluding carboxylic acids is 1. The number of urea groups is 1. The van der Waals surface area contributed by atoms with E-state index in [9.17, 15) is 13.6 Å². The molecule has 7 heteroatoms. The number of amides is 2. The molecular weight excluding hydrogens is 308 g/mol. The van der Waals surface area contributed by atoms with Gasteiger partial charge in [-0.1, -0.05) is 13.0 Å². The van der Waals surface area contributed by atoms with Gasteiger partial charge in [-0.15, -0.1) is 11.3 Å². The molecule has 0 aliphatic carbocycles. The molecule has 22 heavy (non-hydrogen) atoms. The number of carbonyl (C=O) groups is 1. The minimum Gasteiger partial charge on any atom is -0.332 e. The second-order valence-corrected chi connectivity index (χ2v) is 5.77. The van der Waals surface area contributed by atoms with Crippen molar-refractivity contribution in [1.82, 2.24) is 15.6 Å². The number of hydrogen-bond donors (Lipinski definition) is 2. The Kier molecular flexibility index (Phi) is 5.43. The molecular formula is C15H17F2N3OS. The van der Waals surface area contributed by atoms with Crippen molar-refractivity contribution in [1.29, 1.82) is 0 Å². The Morgan fingerprint density at radius 1 is 1.32 bits per heavy atom. The van der Waals surface area contributed by atoms with Crippen LogP contribution >= 0.6 is 11.3 Å². The number of nitrogens with one attached hydrogen (secondary N) is 2. The van der Waals surface area contributed by atoms with Crippen LogP contribution in [0.25, 0.3) is 0 Å². The van der Waals surface area contributed by atoms with Gasteiger partial charge in [-0.25, -0.2) is 18.6 Å². The molecule has 2 N–H and O–H groups in total. The van der Waals surface area contributed by atoms with Crippen LogP contribution in [0.2, 0.25) is 0 Å². The molecule has 118 valence electrons. The van der Waals surface area contributed by atoms with Gasteiger partial charge >= 0.3 is 6.03 Å². The van der Waals surface area contributed by atoms with Crippen molar-refractivity contribution in [2.24, 2.45) is 0 Å². The van der Waals surface area contributed by atoms with Gasteiger partial charge in [0, 0.05) is 11.6 Å². The van der Waals surface area contributed by atoms with E-state index in [0.29, 0.717) is 12.0 Å². The van der Waals surface area contributed by atoms with Crippen molar-refractivity contribution in [3.8, 4) is 0 Å². The fourth-order valence-corrected chi connectivity index (χ4v) is 2.78. The molecule has 0 bridgehead atoms. The molecule has 0 aliphatic heterocycles. The van der Waals surface area contributed by atoms with Gasteiger partial charge in [-0.3, -0.25) is 0 Å². The Balaban J connectivity index is 1.97. The van der Waals surface area contributed by atoms with Crippen molar-refractivity contribution in [3.05, 3.63) is 52.0 Å². The largest absolute Gasteiger partial charge is 0.332 e. The predicted octanol–water partition coefficient (Wildman–Crippen LogP) is 3.93. The summed E-state index contributed by atoms with van der Waals surface area (Å²) < 4.78 is 26.1. The number of aromatic nitrogens is 1. The van der Waals surface area contributed by atoms with E-state index in [2.05, 4.69) is 15.6 Å². The number of hydrogen-bond acceptors (Lipinski definition) is 3. The molecule has 1 aromatic heterocycles. The number of benzene rings is 1. The zero-order valence-corrected chi connectivity index (χ0v) is 13.1. The van der Waals surface area contributed by atoms with Crippen molar-refractivity contribution in [2.75, 3.05) is 0 Å². The Hall–Kier alpha value is -2.02. The Morgan fingerprint density at radius 3 is 2.68 bits per heavy atom. The maximum Gasteiger partial charge on any atom is 0.315 e. The highest BCUT2D eigenvalue weighted by Crippen LogP contribution is 2.19. The van der Waals surface area contributed by atoms with Gasteiger partial charge in [0.05, 0.1) is 12.1 Å². The Labute approximate surface area is 131 Å². The van der Waals surface area contributed by atoms with Crippen molar-refractivity contribution >= 4 is 17.4 Å². The van der Waals surface area contributed by atoms with Gasteiger partial charge < -0.3 is 10.6 Å². The van der Waals surface area contributed by atoms with Crippen LogP contribution in [0.3, 0.4) is 0 Å². The normalized spacial score (nSPS) is 13.5. The molecule has 2 atom stereocenters. The lowest BCUT2D eigenvalue weighted by atomic mass is 10.1. The maximum atomic E-state index is 13.2. The van der Waals surface area contributed by atoms with Crippen molar-refractivity contribution in [3.63, 3.8) is 0 Å². The lowest BCUT2D eigenvalue weighted by molar-refractivity contribution is 0.233. The van der Waals surface area contributed by atoms with Crippen LogP contribution in [-0.2, 0) is 0 Å². The summed E-state index contributed by atoms with van der Waals surface area (Å²) >= 11 is 1.47. The van der Waals surface area contributed by atoms with Crippen molar-refractivity contribution < 1.29 is 13.6 Å².